The fourth-order valence-corrected chi connectivity index (χ4v) is 0.638. The van der Waals surface area contributed by atoms with Gasteiger partial charge in [-0.2, -0.15) is 0 Å². The Labute approximate surface area is 50.0 Å². The second-order valence-electron chi connectivity index (χ2n) is 1.74. The third kappa shape index (κ3) is 1.48. The average Bonchev–Trinajstić information content (AvgIpc) is 1.49. The van der Waals surface area contributed by atoms with E-state index in [0.29, 0.717) is 0 Å². The summed E-state index contributed by atoms with van der Waals surface area (Å²) in [7, 11) is 0. The van der Waals surface area contributed by atoms with Crippen LogP contribution in [0.5, 0.6) is 0 Å². The molecule has 0 bridgehead atoms. The van der Waals surface area contributed by atoms with Gasteiger partial charge in [0.25, 0.3) is 0 Å². The van der Waals surface area contributed by atoms with Crippen molar-refractivity contribution in [3.8, 4) is 0 Å². The molecule has 1 fully saturated rings. The van der Waals surface area contributed by atoms with Crippen LogP contribution in [0.15, 0.2) is 0 Å². The molecule has 1 aliphatic rings. The van der Waals surface area contributed by atoms with Gasteiger partial charge in [-0.05, 0) is 12.8 Å². The first-order valence-corrected chi connectivity index (χ1v) is 2.49. The molecule has 0 unspecified atom stereocenters. The van der Waals surface area contributed by atoms with E-state index in [-0.39, 0.29) is 19.3 Å². The van der Waals surface area contributed by atoms with Gasteiger partial charge in [-0.25, -0.2) is 0 Å². The zero-order valence-corrected chi connectivity index (χ0v) is 4.15. The lowest BCUT2D eigenvalue weighted by atomic mass is 9.98. The van der Waals surface area contributed by atoms with Gasteiger partial charge < -0.3 is 5.11 Å². The molecule has 0 aromatic carbocycles. The summed E-state index contributed by atoms with van der Waals surface area (Å²) in [6.45, 7) is 0. The van der Waals surface area contributed by atoms with Gasteiger partial charge in [0, 0.05) is 5.48 Å². The fourth-order valence-electron chi connectivity index (χ4n) is 0.638. The van der Waals surface area contributed by atoms with Crippen LogP contribution in [0.1, 0.15) is 37.5 Å². The molecular weight excluding hydrogens is 88.1 g/mol. The van der Waals surface area contributed by atoms with Crippen molar-refractivity contribution in [2.75, 3.05) is 0 Å². The zero-order valence-electron chi connectivity index (χ0n) is 8.15. The second kappa shape index (κ2) is 2.31. The van der Waals surface area contributed by atoms with Crippen LogP contribution in [0.3, 0.4) is 0 Å². The molecule has 0 amide bonds. The van der Waals surface area contributed by atoms with Crippen LogP contribution in [0, 0.1) is 0 Å². The van der Waals surface area contributed by atoms with E-state index in [1.165, 1.54) is 0 Å². The van der Waals surface area contributed by atoms with Crippen molar-refractivity contribution >= 4 is 0 Å². The Bertz CT molecular complexity index is 141. The lowest BCUT2D eigenvalue weighted by Gasteiger charge is -2.14. The second-order valence-corrected chi connectivity index (χ2v) is 1.74. The largest absolute Gasteiger partial charge is 0.393 e. The van der Waals surface area contributed by atoms with Crippen molar-refractivity contribution in [1.29, 1.82) is 0 Å². The van der Waals surface area contributed by atoms with E-state index in [1.807, 2.05) is 0 Å². The highest BCUT2D eigenvalue weighted by Gasteiger charge is 2.07. The average molecular weight is 104 g/mol. The van der Waals surface area contributed by atoms with Gasteiger partial charge in [0.2, 0.25) is 0 Å². The summed E-state index contributed by atoms with van der Waals surface area (Å²) in [5.41, 5.74) is 0. The minimum Gasteiger partial charge on any atom is -0.393 e. The van der Waals surface area contributed by atoms with Crippen LogP contribution in [-0.4, -0.2) is 11.2 Å². The molecule has 1 N–H and O–H groups in total. The van der Waals surface area contributed by atoms with Crippen molar-refractivity contribution in [3.63, 3.8) is 0 Å². The first-order chi connectivity index (χ1) is 4.81. The zero-order chi connectivity index (χ0) is 8.70. The molecule has 0 saturated heterocycles. The van der Waals surface area contributed by atoms with Crippen LogP contribution in [0.4, 0.5) is 0 Å². The van der Waals surface area contributed by atoms with Crippen LogP contribution >= 0.6 is 0 Å². The van der Waals surface area contributed by atoms with Crippen molar-refractivity contribution in [2.45, 2.75) is 38.1 Å². The minimum atomic E-state index is -1.54. The quantitative estimate of drug-likeness (QED) is 0.491. The summed E-state index contributed by atoms with van der Waals surface area (Å²) in [6.07, 6.45) is -3.88. The molecular formula is C6H12O. The molecule has 0 spiro atoms. The maximum Gasteiger partial charge on any atom is 0.0540 e. The van der Waals surface area contributed by atoms with Crippen LogP contribution in [0.25, 0.3) is 0 Å². The highest BCUT2D eigenvalue weighted by atomic mass is 16.3. The summed E-state index contributed by atoms with van der Waals surface area (Å²) in [4.78, 5) is 0. The van der Waals surface area contributed by atoms with Gasteiger partial charge in [0.05, 0.1) is 6.10 Å². The molecule has 1 aliphatic carbocycles. The van der Waals surface area contributed by atoms with E-state index >= 15 is 0 Å². The predicted molar refractivity (Wildman–Crippen MR) is 29.1 cm³/mol. The summed E-state index contributed by atoms with van der Waals surface area (Å²) in [6, 6.07) is 0. The lowest BCUT2D eigenvalue weighted by molar-refractivity contribution is 0.130. The van der Waals surface area contributed by atoms with E-state index in [4.69, 9.17) is 10.6 Å². The van der Waals surface area contributed by atoms with Crippen LogP contribution in [0.2, 0.25) is 0 Å². The summed E-state index contributed by atoms with van der Waals surface area (Å²) >= 11 is 0. The molecule has 1 heteroatoms. The number of aliphatic hydroxyl groups excluding tert-OH is 1. The Morgan fingerprint density at radius 3 is 2.43 bits per heavy atom. The summed E-state index contributed by atoms with van der Waals surface area (Å²) < 4.78 is 29.1. The lowest BCUT2D eigenvalue weighted by Crippen LogP contribution is -2.09. The molecule has 0 atom stereocenters. The molecule has 0 aromatic heterocycles. The summed E-state index contributed by atoms with van der Waals surface area (Å²) in [5.74, 6) is 0. The van der Waals surface area contributed by atoms with Gasteiger partial charge in [-0.3, -0.25) is 0 Å². The molecule has 1 rings (SSSR count). The fraction of sp³-hybridized carbons (Fsp3) is 1.00. The van der Waals surface area contributed by atoms with Gasteiger partial charge in [0.1, 0.15) is 0 Å². The van der Waals surface area contributed by atoms with Gasteiger partial charge in [0.15, 0.2) is 0 Å². The third-order valence-corrected chi connectivity index (χ3v) is 1.01. The monoisotopic (exact) mass is 104 g/mol. The maximum absolute atomic E-state index is 9.10. The Morgan fingerprint density at radius 2 is 2.00 bits per heavy atom. The van der Waals surface area contributed by atoms with Crippen molar-refractivity contribution < 1.29 is 10.6 Å². The van der Waals surface area contributed by atoms with Crippen LogP contribution in [-0.2, 0) is 0 Å². The molecule has 42 valence electrons. The number of rotatable bonds is 0. The molecule has 0 heterocycles. The molecule has 1 saturated carbocycles. The number of hydrogen-bond donors (Lipinski definition) is 1. The topological polar surface area (TPSA) is 20.2 Å². The third-order valence-electron chi connectivity index (χ3n) is 1.01. The van der Waals surface area contributed by atoms with E-state index in [0.717, 1.165) is 0 Å². The normalized spacial score (nSPS) is 48.1. The molecule has 1 nitrogen and oxygen atoms in total. The Hall–Kier alpha value is -0.0400. The number of aliphatic hydroxyl groups is 1. The molecule has 0 aromatic rings. The van der Waals surface area contributed by atoms with Crippen molar-refractivity contribution in [3.05, 3.63) is 0 Å². The molecule has 0 radical (unpaired) electrons. The molecule has 0 aliphatic heterocycles. The Morgan fingerprint density at radius 1 is 1.43 bits per heavy atom. The maximum atomic E-state index is 9.10. The standard InChI is InChI=1S/C6H12O/c7-6-4-2-1-3-5-6/h6-7H,1-5H2/i2D2,3D2. The van der Waals surface area contributed by atoms with E-state index in [1.54, 1.807) is 0 Å². The first-order valence-electron chi connectivity index (χ1n) is 4.49. The van der Waals surface area contributed by atoms with Gasteiger partial charge in [-0.15, -0.1) is 0 Å². The van der Waals surface area contributed by atoms with Gasteiger partial charge >= 0.3 is 0 Å². The molecule has 7 heavy (non-hydrogen) atoms. The highest BCUT2D eigenvalue weighted by molar-refractivity contribution is 4.61. The predicted octanol–water partition coefficient (Wildman–Crippen LogP) is 1.31. The summed E-state index contributed by atoms with van der Waals surface area (Å²) in [5, 5.41) is 9.10. The van der Waals surface area contributed by atoms with E-state index in [2.05, 4.69) is 0 Å². The van der Waals surface area contributed by atoms with Crippen molar-refractivity contribution in [1.82, 2.24) is 0 Å². The Balaban J connectivity index is 2.66. The van der Waals surface area contributed by atoms with E-state index in [9.17, 15) is 0 Å². The first kappa shape index (κ1) is 2.06. The van der Waals surface area contributed by atoms with E-state index < -0.39 is 18.8 Å². The smallest absolute Gasteiger partial charge is 0.0540 e. The van der Waals surface area contributed by atoms with Crippen molar-refractivity contribution in [2.24, 2.45) is 0 Å². The van der Waals surface area contributed by atoms with Gasteiger partial charge in [-0.1, -0.05) is 19.2 Å². The minimum absolute atomic E-state index is 0.0620. The number of hydrogen-bond acceptors (Lipinski definition) is 1. The SMILES string of the molecule is [2H]C1([2H])CC(O)CC([2H])([2H])C1. The highest BCUT2D eigenvalue weighted by Crippen LogP contribution is 2.16. The van der Waals surface area contributed by atoms with Crippen LogP contribution < -0.4 is 0 Å². The Kier molecular flexibility index (Phi) is 0.680.